The fourth-order valence-corrected chi connectivity index (χ4v) is 5.92. The number of allylic oxidation sites excluding steroid dienone is 4. The van der Waals surface area contributed by atoms with Gasteiger partial charge in [0, 0.05) is 33.5 Å². The third-order valence-corrected chi connectivity index (χ3v) is 6.89. The molecule has 2 heterocycles. The first-order valence-electron chi connectivity index (χ1n) is 6.36. The zero-order valence-corrected chi connectivity index (χ0v) is 14.1. The van der Waals surface area contributed by atoms with Crippen LogP contribution in [0.25, 0.3) is 5.70 Å². The summed E-state index contributed by atoms with van der Waals surface area (Å²) in [7, 11) is 0. The first-order chi connectivity index (χ1) is 10.2. The van der Waals surface area contributed by atoms with Crippen molar-refractivity contribution < 1.29 is 0 Å². The highest BCUT2D eigenvalue weighted by molar-refractivity contribution is 8.26. The van der Waals surface area contributed by atoms with Crippen LogP contribution in [0.1, 0.15) is 12.8 Å². The van der Waals surface area contributed by atoms with Crippen molar-refractivity contribution in [3.05, 3.63) is 44.7 Å². The molecule has 1 aromatic rings. The van der Waals surface area contributed by atoms with Crippen LogP contribution in [0, 0.1) is 11.3 Å². The van der Waals surface area contributed by atoms with E-state index < -0.39 is 0 Å². The molecule has 0 amide bonds. The van der Waals surface area contributed by atoms with Crippen LogP contribution in [-0.4, -0.2) is 20.6 Å². The van der Waals surface area contributed by atoms with E-state index in [4.69, 9.17) is 23.2 Å². The molecule has 7 heteroatoms. The van der Waals surface area contributed by atoms with Gasteiger partial charge in [-0.2, -0.15) is 5.26 Å². The monoisotopic (exact) mass is 355 g/mol. The predicted octanol–water partition coefficient (Wildman–Crippen LogP) is 4.79. The van der Waals surface area contributed by atoms with Crippen LogP contribution in [0.2, 0.25) is 0 Å². The molecular weight excluding hydrogens is 345 g/mol. The largest absolute Gasteiger partial charge is 0.296 e. The van der Waals surface area contributed by atoms with Crippen molar-refractivity contribution in [2.45, 2.75) is 18.1 Å². The third-order valence-electron chi connectivity index (χ3n) is 3.29. The van der Waals surface area contributed by atoms with Crippen LogP contribution >= 0.6 is 46.7 Å². The number of hydrogen-bond acceptors (Lipinski definition) is 4. The SMILES string of the molecule is N#C/C(=C1/SC[C@@H](C2=C(Cl)C=C(Cl)CC2)S1)n1ccnc1. The van der Waals surface area contributed by atoms with Crippen LogP contribution in [0.5, 0.6) is 0 Å². The Morgan fingerprint density at radius 1 is 1.43 bits per heavy atom. The Hall–Kier alpha value is -0.800. The average Bonchev–Trinajstić information content (AvgIpc) is 3.12. The van der Waals surface area contributed by atoms with Gasteiger partial charge < -0.3 is 0 Å². The number of aromatic nitrogens is 2. The van der Waals surface area contributed by atoms with Gasteiger partial charge in [-0.25, -0.2) is 4.98 Å². The van der Waals surface area contributed by atoms with Gasteiger partial charge in [0.25, 0.3) is 0 Å². The van der Waals surface area contributed by atoms with Gasteiger partial charge in [-0.1, -0.05) is 23.2 Å². The molecule has 1 fully saturated rings. The topological polar surface area (TPSA) is 41.6 Å². The summed E-state index contributed by atoms with van der Waals surface area (Å²) in [5, 5.41) is 11.3. The molecule has 0 N–H and O–H groups in total. The van der Waals surface area contributed by atoms with E-state index in [0.29, 0.717) is 10.9 Å². The molecular formula is C14H11Cl2N3S2. The minimum atomic E-state index is 0.311. The Balaban J connectivity index is 1.86. The first-order valence-corrected chi connectivity index (χ1v) is 8.98. The summed E-state index contributed by atoms with van der Waals surface area (Å²) in [4.78, 5) is 4.00. The number of rotatable bonds is 2. The van der Waals surface area contributed by atoms with Crippen LogP contribution in [-0.2, 0) is 0 Å². The maximum Gasteiger partial charge on any atom is 0.145 e. The Morgan fingerprint density at radius 2 is 2.29 bits per heavy atom. The van der Waals surface area contributed by atoms with Gasteiger partial charge in [-0.15, -0.1) is 23.5 Å². The fourth-order valence-electron chi connectivity index (χ4n) is 2.24. The second kappa shape index (κ2) is 6.53. The number of nitrogens with zero attached hydrogens (tertiary/aromatic N) is 3. The molecule has 3 nitrogen and oxygen atoms in total. The zero-order valence-electron chi connectivity index (χ0n) is 10.9. The summed E-state index contributed by atoms with van der Waals surface area (Å²) >= 11 is 15.8. The van der Waals surface area contributed by atoms with Crippen molar-refractivity contribution in [3.63, 3.8) is 0 Å². The highest BCUT2D eigenvalue weighted by Gasteiger charge is 2.29. The number of thioether (sulfide) groups is 2. The summed E-state index contributed by atoms with van der Waals surface area (Å²) in [6.45, 7) is 0. The van der Waals surface area contributed by atoms with Gasteiger partial charge in [0.15, 0.2) is 0 Å². The maximum absolute atomic E-state index is 9.39. The summed E-state index contributed by atoms with van der Waals surface area (Å²) in [6.07, 6.45) is 8.70. The fraction of sp³-hybridized carbons (Fsp3) is 0.286. The lowest BCUT2D eigenvalue weighted by Gasteiger charge is -2.18. The standard InChI is InChI=1S/C14H11Cl2N3S2/c15-9-1-2-10(11(16)5-9)13-7-20-14(21-13)12(6-17)19-4-3-18-8-19/h3-5,8,13H,1-2,7H2/b14-12+/t13-/m0/s1. The van der Waals surface area contributed by atoms with Gasteiger partial charge in [0.2, 0.25) is 0 Å². The first kappa shape index (κ1) is 15.1. The van der Waals surface area contributed by atoms with Gasteiger partial charge in [0.1, 0.15) is 11.8 Å². The van der Waals surface area contributed by atoms with Crippen LogP contribution in [0.15, 0.2) is 44.7 Å². The van der Waals surface area contributed by atoms with Gasteiger partial charge in [0.05, 0.1) is 10.6 Å². The summed E-state index contributed by atoms with van der Waals surface area (Å²) in [5.41, 5.74) is 1.86. The van der Waals surface area contributed by atoms with E-state index in [1.54, 1.807) is 46.8 Å². The molecule has 1 saturated heterocycles. The highest BCUT2D eigenvalue weighted by atomic mass is 35.5. The van der Waals surface area contributed by atoms with E-state index in [2.05, 4.69) is 11.1 Å². The van der Waals surface area contributed by atoms with E-state index in [9.17, 15) is 5.26 Å². The molecule has 2 aliphatic rings. The van der Waals surface area contributed by atoms with Crippen molar-refractivity contribution >= 4 is 52.4 Å². The summed E-state index contributed by atoms with van der Waals surface area (Å²) in [5.74, 6) is 0.927. The van der Waals surface area contributed by atoms with Crippen molar-refractivity contribution in [2.24, 2.45) is 0 Å². The number of nitriles is 1. The predicted molar refractivity (Wildman–Crippen MR) is 90.9 cm³/mol. The van der Waals surface area contributed by atoms with Gasteiger partial charge in [-0.05, 0) is 24.5 Å². The van der Waals surface area contributed by atoms with E-state index in [1.807, 2.05) is 6.08 Å². The average molecular weight is 356 g/mol. The van der Waals surface area contributed by atoms with Crippen molar-refractivity contribution in [1.82, 2.24) is 9.55 Å². The summed E-state index contributed by atoms with van der Waals surface area (Å²) < 4.78 is 2.78. The highest BCUT2D eigenvalue weighted by Crippen LogP contribution is 2.49. The number of halogens is 2. The Labute approximate surface area is 141 Å². The molecule has 0 radical (unpaired) electrons. The lowest BCUT2D eigenvalue weighted by Crippen LogP contribution is -2.09. The summed E-state index contributed by atoms with van der Waals surface area (Å²) in [6, 6.07) is 2.27. The Morgan fingerprint density at radius 3 is 2.95 bits per heavy atom. The van der Waals surface area contributed by atoms with E-state index in [-0.39, 0.29) is 0 Å². The second-order valence-corrected chi connectivity index (χ2v) is 7.99. The maximum atomic E-state index is 9.39. The quantitative estimate of drug-likeness (QED) is 0.715. The van der Waals surface area contributed by atoms with E-state index in [0.717, 1.165) is 32.9 Å². The molecule has 21 heavy (non-hydrogen) atoms. The van der Waals surface area contributed by atoms with Crippen molar-refractivity contribution in [1.29, 1.82) is 5.26 Å². The minimum Gasteiger partial charge on any atom is -0.296 e. The van der Waals surface area contributed by atoms with E-state index in [1.165, 1.54) is 5.57 Å². The van der Waals surface area contributed by atoms with Crippen LogP contribution < -0.4 is 0 Å². The molecule has 0 saturated carbocycles. The molecule has 0 aromatic carbocycles. The smallest absolute Gasteiger partial charge is 0.145 e. The lowest BCUT2D eigenvalue weighted by atomic mass is 10.0. The molecule has 0 spiro atoms. The molecule has 1 aromatic heterocycles. The van der Waals surface area contributed by atoms with Crippen molar-refractivity contribution in [3.8, 4) is 6.07 Å². The molecule has 108 valence electrons. The van der Waals surface area contributed by atoms with Crippen LogP contribution in [0.3, 0.4) is 0 Å². The number of hydrogen-bond donors (Lipinski definition) is 0. The van der Waals surface area contributed by atoms with Crippen molar-refractivity contribution in [2.75, 3.05) is 5.75 Å². The molecule has 1 aliphatic carbocycles. The number of imidazole rings is 1. The second-order valence-electron chi connectivity index (χ2n) is 4.60. The third kappa shape index (κ3) is 3.19. The van der Waals surface area contributed by atoms with Crippen LogP contribution in [0.4, 0.5) is 0 Å². The van der Waals surface area contributed by atoms with Gasteiger partial charge in [-0.3, -0.25) is 4.57 Å². The molecule has 0 bridgehead atoms. The Kier molecular flexibility index (Phi) is 4.70. The minimum absolute atomic E-state index is 0.311. The Bertz CT molecular complexity index is 684. The lowest BCUT2D eigenvalue weighted by molar-refractivity contribution is 0.896. The van der Waals surface area contributed by atoms with E-state index >= 15 is 0 Å². The molecule has 3 rings (SSSR count). The normalized spacial score (nSPS) is 24.8. The van der Waals surface area contributed by atoms with Gasteiger partial charge >= 0.3 is 0 Å². The zero-order chi connectivity index (χ0) is 14.8. The molecule has 1 aliphatic heterocycles. The molecule has 0 unspecified atom stereocenters. The molecule has 1 atom stereocenters.